The van der Waals surface area contributed by atoms with Crippen molar-refractivity contribution in [1.29, 1.82) is 0 Å². The van der Waals surface area contributed by atoms with Crippen LogP contribution in [0.3, 0.4) is 0 Å². The quantitative estimate of drug-likeness (QED) is 0.837. The van der Waals surface area contributed by atoms with Gasteiger partial charge in [0.25, 0.3) is 0 Å². The lowest BCUT2D eigenvalue weighted by Crippen LogP contribution is -2.55. The number of methoxy groups -OCH3 is 1. The second-order valence-corrected chi connectivity index (χ2v) is 6.20. The van der Waals surface area contributed by atoms with E-state index in [4.69, 9.17) is 4.74 Å². The van der Waals surface area contributed by atoms with E-state index in [0.717, 1.165) is 31.6 Å². The number of benzene rings is 1. The van der Waals surface area contributed by atoms with E-state index in [1.807, 2.05) is 12.1 Å². The van der Waals surface area contributed by atoms with Crippen molar-refractivity contribution in [2.75, 3.05) is 33.4 Å². The Morgan fingerprint density at radius 2 is 2.09 bits per heavy atom. The zero-order valence-corrected chi connectivity index (χ0v) is 13.8. The molecule has 1 saturated heterocycles. The highest BCUT2D eigenvalue weighted by atomic mass is 16.5. The first-order valence-electron chi connectivity index (χ1n) is 8.00. The molecule has 0 aromatic heterocycles. The van der Waals surface area contributed by atoms with Gasteiger partial charge in [0, 0.05) is 50.4 Å². The summed E-state index contributed by atoms with van der Waals surface area (Å²) in [5, 5.41) is 19.5. The molecule has 1 atom stereocenters. The van der Waals surface area contributed by atoms with Gasteiger partial charge in [0.2, 0.25) is 0 Å². The average molecular weight is 308 g/mol. The molecule has 2 rings (SSSR count). The third-order valence-corrected chi connectivity index (χ3v) is 4.43. The number of aromatic hydroxyl groups is 1. The summed E-state index contributed by atoms with van der Waals surface area (Å²) < 4.78 is 5.17. The number of aliphatic hydroxyl groups excluding tert-OH is 1. The van der Waals surface area contributed by atoms with E-state index in [9.17, 15) is 10.2 Å². The van der Waals surface area contributed by atoms with Crippen LogP contribution in [0.4, 0.5) is 0 Å². The predicted molar refractivity (Wildman–Crippen MR) is 87.3 cm³/mol. The molecule has 124 valence electrons. The van der Waals surface area contributed by atoms with E-state index in [2.05, 4.69) is 23.6 Å². The number of nitrogens with zero attached hydrogens (tertiary/aromatic N) is 2. The number of rotatable bonds is 6. The Labute approximate surface area is 133 Å². The fourth-order valence-corrected chi connectivity index (χ4v) is 3.26. The number of para-hydroxylation sites is 1. The van der Waals surface area contributed by atoms with Crippen molar-refractivity contribution in [3.8, 4) is 11.5 Å². The molecule has 0 spiro atoms. The van der Waals surface area contributed by atoms with Crippen LogP contribution < -0.4 is 4.74 Å². The lowest BCUT2D eigenvalue weighted by Gasteiger charge is -2.43. The molecule has 0 radical (unpaired) electrons. The number of phenols is 1. The zero-order valence-electron chi connectivity index (χ0n) is 13.8. The van der Waals surface area contributed by atoms with Crippen LogP contribution in [0.1, 0.15) is 25.8 Å². The highest BCUT2D eigenvalue weighted by Crippen LogP contribution is 2.30. The average Bonchev–Trinajstić information content (AvgIpc) is 2.50. The largest absolute Gasteiger partial charge is 0.504 e. The Morgan fingerprint density at radius 3 is 2.73 bits per heavy atom. The van der Waals surface area contributed by atoms with Gasteiger partial charge in [0.15, 0.2) is 11.5 Å². The number of ether oxygens (including phenoxy) is 1. The summed E-state index contributed by atoms with van der Waals surface area (Å²) in [5.74, 6) is 0.750. The lowest BCUT2D eigenvalue weighted by molar-refractivity contribution is 0.0346. The third kappa shape index (κ3) is 3.91. The molecule has 5 heteroatoms. The molecule has 1 aliphatic rings. The molecule has 22 heavy (non-hydrogen) atoms. The van der Waals surface area contributed by atoms with E-state index >= 15 is 0 Å². The Hall–Kier alpha value is -1.30. The lowest BCUT2D eigenvalue weighted by atomic mass is 10.1. The minimum atomic E-state index is 0.214. The molecule has 2 N–H and O–H groups in total. The summed E-state index contributed by atoms with van der Waals surface area (Å²) in [7, 11) is 1.57. The number of phenolic OH excluding ortho intramolecular Hbond substituents is 1. The van der Waals surface area contributed by atoms with Crippen LogP contribution in [0.5, 0.6) is 11.5 Å². The highest BCUT2D eigenvalue weighted by Gasteiger charge is 2.28. The molecular formula is C17H28N2O3. The van der Waals surface area contributed by atoms with Crippen molar-refractivity contribution < 1.29 is 14.9 Å². The van der Waals surface area contributed by atoms with Crippen LogP contribution in [0, 0.1) is 0 Å². The first kappa shape index (κ1) is 17.1. The summed E-state index contributed by atoms with van der Waals surface area (Å²) in [6, 6.07) is 6.47. The van der Waals surface area contributed by atoms with Crippen LogP contribution in [-0.4, -0.2) is 65.4 Å². The summed E-state index contributed by atoms with van der Waals surface area (Å²) in [6.45, 7) is 8.20. The minimum absolute atomic E-state index is 0.214. The summed E-state index contributed by atoms with van der Waals surface area (Å²) in [5.41, 5.74) is 0.889. The number of aliphatic hydroxyl groups is 1. The van der Waals surface area contributed by atoms with Gasteiger partial charge in [-0.1, -0.05) is 12.1 Å². The van der Waals surface area contributed by atoms with Crippen molar-refractivity contribution in [1.82, 2.24) is 9.80 Å². The van der Waals surface area contributed by atoms with Gasteiger partial charge in [-0.3, -0.25) is 9.80 Å². The highest BCUT2D eigenvalue weighted by molar-refractivity contribution is 5.45. The maximum atomic E-state index is 10.2. The molecular weight excluding hydrogens is 280 g/mol. The molecule has 1 aromatic carbocycles. The Bertz CT molecular complexity index is 479. The van der Waals surface area contributed by atoms with Gasteiger partial charge in [-0.2, -0.15) is 0 Å². The second-order valence-electron chi connectivity index (χ2n) is 6.20. The van der Waals surface area contributed by atoms with E-state index in [0.29, 0.717) is 24.4 Å². The fraction of sp³-hybridized carbons (Fsp3) is 0.647. The molecule has 1 heterocycles. The fourth-order valence-electron chi connectivity index (χ4n) is 3.26. The van der Waals surface area contributed by atoms with Crippen LogP contribution in [0.2, 0.25) is 0 Å². The van der Waals surface area contributed by atoms with Crippen LogP contribution in [0.25, 0.3) is 0 Å². The van der Waals surface area contributed by atoms with Crippen LogP contribution >= 0.6 is 0 Å². The molecule has 1 fully saturated rings. The maximum Gasteiger partial charge on any atom is 0.162 e. The standard InChI is InChI=1S/C17H28N2O3/c1-13(2)19-9-8-18(12-15(19)7-10-20)11-14-5-4-6-16(22-3)17(14)21/h4-6,13,15,20-21H,7-12H2,1-3H3/t15-/m0/s1. The molecule has 0 saturated carbocycles. The molecule has 0 amide bonds. The van der Waals surface area contributed by atoms with Gasteiger partial charge in [0.1, 0.15) is 0 Å². The van der Waals surface area contributed by atoms with Gasteiger partial charge in [-0.15, -0.1) is 0 Å². The zero-order chi connectivity index (χ0) is 16.1. The molecule has 0 bridgehead atoms. The van der Waals surface area contributed by atoms with Gasteiger partial charge >= 0.3 is 0 Å². The third-order valence-electron chi connectivity index (χ3n) is 4.43. The van der Waals surface area contributed by atoms with Gasteiger partial charge < -0.3 is 14.9 Å². The van der Waals surface area contributed by atoms with E-state index in [1.165, 1.54) is 0 Å². The molecule has 1 aromatic rings. The smallest absolute Gasteiger partial charge is 0.162 e. The van der Waals surface area contributed by atoms with E-state index < -0.39 is 0 Å². The maximum absolute atomic E-state index is 10.2. The predicted octanol–water partition coefficient (Wildman–Crippen LogP) is 1.68. The Balaban J connectivity index is 2.05. The van der Waals surface area contributed by atoms with Crippen molar-refractivity contribution >= 4 is 0 Å². The molecule has 0 aliphatic carbocycles. The number of hydrogen-bond acceptors (Lipinski definition) is 5. The summed E-state index contributed by atoms with van der Waals surface area (Å²) in [4.78, 5) is 4.80. The van der Waals surface area contributed by atoms with Crippen molar-refractivity contribution in [2.24, 2.45) is 0 Å². The Morgan fingerprint density at radius 1 is 1.32 bits per heavy atom. The first-order valence-corrected chi connectivity index (χ1v) is 8.00. The molecule has 1 aliphatic heterocycles. The van der Waals surface area contributed by atoms with Crippen LogP contribution in [0.15, 0.2) is 18.2 Å². The first-order chi connectivity index (χ1) is 10.6. The SMILES string of the molecule is COc1cccc(CN2CCN(C(C)C)[C@@H](CCO)C2)c1O. The van der Waals surface area contributed by atoms with E-state index in [-0.39, 0.29) is 12.4 Å². The van der Waals surface area contributed by atoms with E-state index in [1.54, 1.807) is 13.2 Å². The number of hydrogen-bond donors (Lipinski definition) is 2. The van der Waals surface area contributed by atoms with Crippen LogP contribution in [-0.2, 0) is 6.54 Å². The van der Waals surface area contributed by atoms with Crippen molar-refractivity contribution in [3.05, 3.63) is 23.8 Å². The minimum Gasteiger partial charge on any atom is -0.504 e. The summed E-state index contributed by atoms with van der Waals surface area (Å²) in [6.07, 6.45) is 0.790. The van der Waals surface area contributed by atoms with Gasteiger partial charge in [-0.05, 0) is 26.3 Å². The molecule has 5 nitrogen and oxygen atoms in total. The molecule has 0 unspecified atom stereocenters. The van der Waals surface area contributed by atoms with Crippen molar-refractivity contribution in [3.63, 3.8) is 0 Å². The topological polar surface area (TPSA) is 56.2 Å². The number of piperazine rings is 1. The van der Waals surface area contributed by atoms with Gasteiger partial charge in [0.05, 0.1) is 7.11 Å². The van der Waals surface area contributed by atoms with Gasteiger partial charge in [-0.25, -0.2) is 0 Å². The normalized spacial score (nSPS) is 20.5. The monoisotopic (exact) mass is 308 g/mol. The second kappa shape index (κ2) is 7.81. The summed E-state index contributed by atoms with van der Waals surface area (Å²) >= 11 is 0. The Kier molecular flexibility index (Phi) is 6.06. The van der Waals surface area contributed by atoms with Crippen molar-refractivity contribution in [2.45, 2.75) is 38.9 Å².